The first kappa shape index (κ1) is 15.8. The first-order valence-corrected chi connectivity index (χ1v) is 8.86. The van der Waals surface area contributed by atoms with Gasteiger partial charge in [0.25, 0.3) is 0 Å². The van der Waals surface area contributed by atoms with Crippen LogP contribution in [0.5, 0.6) is 5.75 Å². The molecule has 3 atom stereocenters. The minimum Gasteiger partial charge on any atom is -0.497 e. The maximum absolute atomic E-state index is 12.2. The number of carbonyl (C=O) groups excluding carboxylic acids is 1. The number of Topliss-reactive ketones (excluding diaryl/α,β-unsaturated/α-hetero) is 1. The molecule has 1 fully saturated rings. The van der Waals surface area contributed by atoms with Crippen LogP contribution < -0.4 is 4.74 Å². The Morgan fingerprint density at radius 3 is 2.95 bits per heavy atom. The Morgan fingerprint density at radius 2 is 2.23 bits per heavy atom. The van der Waals surface area contributed by atoms with E-state index in [0.717, 1.165) is 42.3 Å². The lowest BCUT2D eigenvalue weighted by Gasteiger charge is -2.37. The number of allylic oxidation sites excluding steroid dienone is 2. The summed E-state index contributed by atoms with van der Waals surface area (Å²) < 4.78 is 6.36. The van der Waals surface area contributed by atoms with Gasteiger partial charge in [-0.3, -0.25) is 4.79 Å². The Labute approximate surface area is 141 Å². The summed E-state index contributed by atoms with van der Waals surface area (Å²) in [5, 5.41) is 0. The van der Waals surface area contributed by atoms with Crippen molar-refractivity contribution >= 4 is 21.7 Å². The molecule has 3 heteroatoms. The molecule has 1 aromatic rings. The maximum Gasteiger partial charge on any atom is 0.139 e. The van der Waals surface area contributed by atoms with Gasteiger partial charge in [0, 0.05) is 16.3 Å². The summed E-state index contributed by atoms with van der Waals surface area (Å²) in [6, 6.07) is 6.17. The number of aryl methyl sites for hydroxylation is 1. The minimum absolute atomic E-state index is 0.101. The lowest BCUT2D eigenvalue weighted by Crippen LogP contribution is -2.35. The lowest BCUT2D eigenvalue weighted by atomic mass is 9.66. The molecule has 0 heterocycles. The van der Waals surface area contributed by atoms with Crippen molar-refractivity contribution in [2.45, 2.75) is 39.0 Å². The van der Waals surface area contributed by atoms with Crippen LogP contribution in [0.4, 0.5) is 0 Å². The molecule has 2 aliphatic rings. The number of hydrogen-bond donors (Lipinski definition) is 0. The number of benzene rings is 1. The maximum atomic E-state index is 12.2. The van der Waals surface area contributed by atoms with Gasteiger partial charge in [0.05, 0.1) is 7.11 Å². The van der Waals surface area contributed by atoms with Crippen LogP contribution in [-0.2, 0) is 11.2 Å². The average Bonchev–Trinajstić information content (AvgIpc) is 2.82. The first-order chi connectivity index (χ1) is 10.5. The topological polar surface area (TPSA) is 26.3 Å². The molecule has 0 N–H and O–H groups in total. The molecule has 0 aromatic heterocycles. The zero-order valence-electron chi connectivity index (χ0n) is 13.3. The predicted molar refractivity (Wildman–Crippen MR) is 92.1 cm³/mol. The second kappa shape index (κ2) is 6.19. The molecular formula is C19H23BrO2. The van der Waals surface area contributed by atoms with E-state index in [4.69, 9.17) is 4.74 Å². The van der Waals surface area contributed by atoms with Crippen LogP contribution in [0.15, 0.2) is 34.8 Å². The van der Waals surface area contributed by atoms with E-state index in [1.807, 2.05) is 12.1 Å². The van der Waals surface area contributed by atoms with E-state index in [-0.39, 0.29) is 5.41 Å². The van der Waals surface area contributed by atoms with Gasteiger partial charge < -0.3 is 4.74 Å². The highest BCUT2D eigenvalue weighted by Gasteiger charge is 2.48. The predicted octanol–water partition coefficient (Wildman–Crippen LogP) is 4.95. The molecular weight excluding hydrogens is 340 g/mol. The fourth-order valence-electron chi connectivity index (χ4n) is 4.15. The molecule has 0 amide bonds. The van der Waals surface area contributed by atoms with Crippen molar-refractivity contribution in [2.24, 2.45) is 17.3 Å². The van der Waals surface area contributed by atoms with Gasteiger partial charge in [-0.05, 0) is 55.2 Å². The summed E-state index contributed by atoms with van der Waals surface area (Å²) in [5.41, 5.74) is 1.21. The van der Waals surface area contributed by atoms with E-state index in [1.165, 1.54) is 5.56 Å². The molecule has 2 nitrogen and oxygen atoms in total. The molecule has 0 radical (unpaired) electrons. The summed E-state index contributed by atoms with van der Waals surface area (Å²) in [5.74, 6) is 2.40. The number of ketones is 1. The summed E-state index contributed by atoms with van der Waals surface area (Å²) in [4.78, 5) is 12.2. The fourth-order valence-corrected chi connectivity index (χ4v) is 4.70. The van der Waals surface area contributed by atoms with Crippen molar-refractivity contribution in [3.63, 3.8) is 0 Å². The SMILES string of the molecule is COc1ccc(CC[C@@H]2C=CC[C@]3(C)C(=O)CC[C@@H]23)c(Br)c1. The third-order valence-electron chi connectivity index (χ3n) is 5.59. The summed E-state index contributed by atoms with van der Waals surface area (Å²) >= 11 is 3.64. The molecule has 0 bridgehead atoms. The largest absolute Gasteiger partial charge is 0.497 e. The van der Waals surface area contributed by atoms with Crippen LogP contribution in [0.25, 0.3) is 0 Å². The third kappa shape index (κ3) is 2.76. The van der Waals surface area contributed by atoms with E-state index in [2.05, 4.69) is 41.1 Å². The smallest absolute Gasteiger partial charge is 0.139 e. The van der Waals surface area contributed by atoms with E-state index in [0.29, 0.717) is 17.6 Å². The van der Waals surface area contributed by atoms with E-state index >= 15 is 0 Å². The van der Waals surface area contributed by atoms with Crippen molar-refractivity contribution in [1.29, 1.82) is 0 Å². The lowest BCUT2D eigenvalue weighted by molar-refractivity contribution is -0.126. The Morgan fingerprint density at radius 1 is 1.41 bits per heavy atom. The molecule has 0 spiro atoms. The normalized spacial score (nSPS) is 30.4. The van der Waals surface area contributed by atoms with Crippen molar-refractivity contribution in [1.82, 2.24) is 0 Å². The van der Waals surface area contributed by atoms with Gasteiger partial charge in [0.15, 0.2) is 0 Å². The molecule has 0 saturated heterocycles. The fraction of sp³-hybridized carbons (Fsp3) is 0.526. The second-order valence-corrected chi connectivity index (χ2v) is 7.63. The highest BCUT2D eigenvalue weighted by molar-refractivity contribution is 9.10. The Hall–Kier alpha value is -1.09. The number of halogens is 1. The summed E-state index contributed by atoms with van der Waals surface area (Å²) in [7, 11) is 1.69. The van der Waals surface area contributed by atoms with Gasteiger partial charge in [0.1, 0.15) is 11.5 Å². The van der Waals surface area contributed by atoms with Gasteiger partial charge in [-0.15, -0.1) is 0 Å². The van der Waals surface area contributed by atoms with Gasteiger partial charge in [-0.2, -0.15) is 0 Å². The Kier molecular flexibility index (Phi) is 4.44. The standard InChI is InChI=1S/C19H23BrO2/c1-19-11-3-4-13(16(19)9-10-18(19)21)5-6-14-7-8-15(22-2)12-17(14)20/h3-4,7-8,12-13,16H,5-6,9-11H2,1-2H3/t13-,16-,19-/m0/s1. The van der Waals surface area contributed by atoms with E-state index in [9.17, 15) is 4.79 Å². The van der Waals surface area contributed by atoms with Crippen molar-refractivity contribution in [2.75, 3.05) is 7.11 Å². The van der Waals surface area contributed by atoms with E-state index < -0.39 is 0 Å². The minimum atomic E-state index is -0.101. The van der Waals surface area contributed by atoms with Crippen LogP contribution in [0.2, 0.25) is 0 Å². The van der Waals surface area contributed by atoms with Crippen molar-refractivity contribution in [3.05, 3.63) is 40.4 Å². The van der Waals surface area contributed by atoms with Crippen molar-refractivity contribution in [3.8, 4) is 5.75 Å². The van der Waals surface area contributed by atoms with Crippen LogP contribution in [0, 0.1) is 17.3 Å². The monoisotopic (exact) mass is 362 g/mol. The first-order valence-electron chi connectivity index (χ1n) is 8.07. The van der Waals surface area contributed by atoms with Crippen LogP contribution in [-0.4, -0.2) is 12.9 Å². The molecule has 2 aliphatic carbocycles. The quantitative estimate of drug-likeness (QED) is 0.708. The molecule has 0 unspecified atom stereocenters. The summed E-state index contributed by atoms with van der Waals surface area (Å²) in [6.07, 6.45) is 9.48. The number of ether oxygens (including phenoxy) is 1. The highest BCUT2D eigenvalue weighted by Crippen LogP contribution is 2.51. The number of rotatable bonds is 4. The molecule has 22 heavy (non-hydrogen) atoms. The second-order valence-electron chi connectivity index (χ2n) is 6.78. The Balaban J connectivity index is 1.70. The van der Waals surface area contributed by atoms with Crippen molar-refractivity contribution < 1.29 is 9.53 Å². The van der Waals surface area contributed by atoms with Gasteiger partial charge in [-0.25, -0.2) is 0 Å². The Bertz CT molecular complexity index is 607. The average molecular weight is 363 g/mol. The zero-order chi connectivity index (χ0) is 15.7. The zero-order valence-corrected chi connectivity index (χ0v) is 14.9. The number of methoxy groups -OCH3 is 1. The highest BCUT2D eigenvalue weighted by atomic mass is 79.9. The molecule has 0 aliphatic heterocycles. The van der Waals surface area contributed by atoms with E-state index in [1.54, 1.807) is 7.11 Å². The molecule has 1 aromatic carbocycles. The number of carbonyl (C=O) groups is 1. The third-order valence-corrected chi connectivity index (χ3v) is 6.33. The van der Waals surface area contributed by atoms with Crippen LogP contribution in [0.3, 0.4) is 0 Å². The number of fused-ring (bicyclic) bond motifs is 1. The number of hydrogen-bond acceptors (Lipinski definition) is 2. The van der Waals surface area contributed by atoms with Crippen LogP contribution in [0.1, 0.15) is 38.2 Å². The van der Waals surface area contributed by atoms with Gasteiger partial charge >= 0.3 is 0 Å². The van der Waals surface area contributed by atoms with Gasteiger partial charge in [0.2, 0.25) is 0 Å². The molecule has 118 valence electrons. The van der Waals surface area contributed by atoms with Gasteiger partial charge in [-0.1, -0.05) is 41.1 Å². The van der Waals surface area contributed by atoms with Crippen LogP contribution >= 0.6 is 15.9 Å². The summed E-state index contributed by atoms with van der Waals surface area (Å²) in [6.45, 7) is 2.17. The molecule has 3 rings (SSSR count). The molecule has 1 saturated carbocycles.